The van der Waals surface area contributed by atoms with Crippen molar-refractivity contribution in [2.45, 2.75) is 17.4 Å². The highest BCUT2D eigenvalue weighted by atomic mass is 35.5. The van der Waals surface area contributed by atoms with Crippen LogP contribution >= 0.6 is 46.6 Å². The van der Waals surface area contributed by atoms with E-state index in [9.17, 15) is 0 Å². The van der Waals surface area contributed by atoms with Gasteiger partial charge in [0.05, 0.1) is 16.5 Å². The van der Waals surface area contributed by atoms with Gasteiger partial charge in [0.15, 0.2) is 0 Å². The predicted molar refractivity (Wildman–Crippen MR) is 94.6 cm³/mol. The zero-order valence-electron chi connectivity index (χ0n) is 11.8. The molecular formula is C16H11Cl3N2OS. The summed E-state index contributed by atoms with van der Waals surface area (Å²) >= 11 is 19.2. The van der Waals surface area contributed by atoms with Crippen LogP contribution in [0, 0.1) is 0 Å². The third kappa shape index (κ3) is 4.64. The minimum atomic E-state index is 0.528. The van der Waals surface area contributed by atoms with Crippen molar-refractivity contribution >= 4 is 46.6 Å². The van der Waals surface area contributed by atoms with Crippen LogP contribution in [-0.2, 0) is 12.2 Å². The average molecular weight is 386 g/mol. The minimum Gasteiger partial charge on any atom is -0.416 e. The summed E-state index contributed by atoms with van der Waals surface area (Å²) in [5.74, 6) is 1.25. The zero-order valence-corrected chi connectivity index (χ0v) is 14.9. The van der Waals surface area contributed by atoms with Gasteiger partial charge >= 0.3 is 0 Å². The summed E-state index contributed by atoms with van der Waals surface area (Å²) in [6.45, 7) is 0. The Balaban J connectivity index is 1.60. The van der Waals surface area contributed by atoms with Crippen molar-refractivity contribution in [1.29, 1.82) is 0 Å². The molecule has 2 aromatic carbocycles. The molecule has 1 aromatic heterocycles. The zero-order chi connectivity index (χ0) is 16.2. The summed E-state index contributed by atoms with van der Waals surface area (Å²) in [5, 5.41) is 10.4. The summed E-state index contributed by atoms with van der Waals surface area (Å²) in [6.07, 6.45) is 0.581. The lowest BCUT2D eigenvalue weighted by Crippen LogP contribution is -1.87. The number of aromatic nitrogens is 2. The van der Waals surface area contributed by atoms with Crippen molar-refractivity contribution < 1.29 is 4.42 Å². The molecule has 0 spiro atoms. The highest BCUT2D eigenvalue weighted by Gasteiger charge is 2.09. The number of rotatable bonds is 5. The Morgan fingerprint density at radius 3 is 2.35 bits per heavy atom. The van der Waals surface area contributed by atoms with Crippen LogP contribution in [-0.4, -0.2) is 10.2 Å². The summed E-state index contributed by atoms with van der Waals surface area (Å²) in [7, 11) is 0. The lowest BCUT2D eigenvalue weighted by Gasteiger charge is -2.00. The van der Waals surface area contributed by atoms with Gasteiger partial charge in [0.1, 0.15) is 0 Å². The normalized spacial score (nSPS) is 10.9. The number of benzene rings is 2. The van der Waals surface area contributed by atoms with Crippen molar-refractivity contribution in [2.75, 3.05) is 0 Å². The van der Waals surface area contributed by atoms with Crippen molar-refractivity contribution in [3.63, 3.8) is 0 Å². The Bertz CT molecular complexity index is 805. The van der Waals surface area contributed by atoms with Crippen LogP contribution in [0.25, 0.3) is 0 Å². The smallest absolute Gasteiger partial charge is 0.276 e. The van der Waals surface area contributed by atoms with Gasteiger partial charge in [0.25, 0.3) is 5.22 Å². The maximum absolute atomic E-state index is 6.00. The van der Waals surface area contributed by atoms with Crippen molar-refractivity contribution in [3.8, 4) is 0 Å². The molecule has 0 N–H and O–H groups in total. The first kappa shape index (κ1) is 16.7. The molecule has 0 saturated carbocycles. The quantitative estimate of drug-likeness (QED) is 0.511. The molecule has 3 rings (SSSR count). The van der Waals surface area contributed by atoms with E-state index in [1.165, 1.54) is 11.8 Å². The maximum atomic E-state index is 6.00. The summed E-state index contributed by atoms with van der Waals surface area (Å²) in [5.41, 5.74) is 2.11. The lowest BCUT2D eigenvalue weighted by atomic mass is 10.1. The number of hydrogen-bond donors (Lipinski definition) is 0. The van der Waals surface area contributed by atoms with Crippen LogP contribution in [0.3, 0.4) is 0 Å². The SMILES string of the molecule is Clc1ccc(Cc2nnc(SCc3ccc(Cl)c(Cl)c3)o2)cc1. The van der Waals surface area contributed by atoms with E-state index in [2.05, 4.69) is 10.2 Å². The Hall–Kier alpha value is -1.20. The van der Waals surface area contributed by atoms with Gasteiger partial charge in [-0.05, 0) is 35.4 Å². The summed E-state index contributed by atoms with van der Waals surface area (Å²) in [6, 6.07) is 13.1. The molecule has 3 aromatic rings. The Morgan fingerprint density at radius 2 is 1.61 bits per heavy atom. The van der Waals surface area contributed by atoms with E-state index in [1.807, 2.05) is 36.4 Å². The monoisotopic (exact) mass is 384 g/mol. The molecule has 0 aliphatic heterocycles. The Labute approximate surface area is 153 Å². The molecule has 3 nitrogen and oxygen atoms in total. The van der Waals surface area contributed by atoms with Crippen molar-refractivity contribution in [2.24, 2.45) is 0 Å². The fraction of sp³-hybridized carbons (Fsp3) is 0.125. The molecule has 7 heteroatoms. The average Bonchev–Trinajstić information content (AvgIpc) is 2.98. The number of hydrogen-bond acceptors (Lipinski definition) is 4. The number of halogens is 3. The number of nitrogens with zero attached hydrogens (tertiary/aromatic N) is 2. The third-order valence-electron chi connectivity index (χ3n) is 3.06. The first-order valence-electron chi connectivity index (χ1n) is 6.74. The lowest BCUT2D eigenvalue weighted by molar-refractivity contribution is 0.420. The van der Waals surface area contributed by atoms with Crippen LogP contribution in [0.4, 0.5) is 0 Å². The Kier molecular flexibility index (Phi) is 5.49. The number of thioether (sulfide) groups is 1. The van der Waals surface area contributed by atoms with Crippen LogP contribution in [0.2, 0.25) is 15.1 Å². The fourth-order valence-electron chi connectivity index (χ4n) is 1.92. The van der Waals surface area contributed by atoms with Gasteiger partial charge in [-0.3, -0.25) is 0 Å². The van der Waals surface area contributed by atoms with Gasteiger partial charge in [-0.2, -0.15) is 0 Å². The molecule has 0 aliphatic rings. The molecule has 0 saturated heterocycles. The van der Waals surface area contributed by atoms with E-state index in [0.717, 1.165) is 11.1 Å². The van der Waals surface area contributed by atoms with Crippen LogP contribution in [0.15, 0.2) is 52.1 Å². The molecule has 0 unspecified atom stereocenters. The van der Waals surface area contributed by atoms with Crippen LogP contribution in [0.5, 0.6) is 0 Å². The van der Waals surface area contributed by atoms with Crippen LogP contribution < -0.4 is 0 Å². The van der Waals surface area contributed by atoms with E-state index >= 15 is 0 Å². The van der Waals surface area contributed by atoms with E-state index in [1.54, 1.807) is 6.07 Å². The highest BCUT2D eigenvalue weighted by molar-refractivity contribution is 7.98. The molecule has 118 valence electrons. The minimum absolute atomic E-state index is 0.528. The first-order valence-corrected chi connectivity index (χ1v) is 8.85. The molecule has 0 bridgehead atoms. The first-order chi connectivity index (χ1) is 11.1. The van der Waals surface area contributed by atoms with Crippen molar-refractivity contribution in [1.82, 2.24) is 10.2 Å². The van der Waals surface area contributed by atoms with Gasteiger partial charge in [0, 0.05) is 10.8 Å². The van der Waals surface area contributed by atoms with E-state index in [-0.39, 0.29) is 0 Å². The molecule has 1 heterocycles. The van der Waals surface area contributed by atoms with Gasteiger partial charge in [0.2, 0.25) is 5.89 Å². The molecule has 0 atom stereocenters. The second-order valence-corrected chi connectivity index (χ2v) is 6.98. The molecule has 0 aliphatic carbocycles. The standard InChI is InChI=1S/C16H11Cl3N2OS/c17-12-4-1-10(2-5-12)8-15-20-21-16(22-15)23-9-11-3-6-13(18)14(19)7-11/h1-7H,8-9H2. The maximum Gasteiger partial charge on any atom is 0.276 e. The van der Waals surface area contributed by atoms with Gasteiger partial charge in [-0.25, -0.2) is 0 Å². The Morgan fingerprint density at radius 1 is 0.870 bits per heavy atom. The van der Waals surface area contributed by atoms with Crippen LogP contribution in [0.1, 0.15) is 17.0 Å². The molecule has 0 fully saturated rings. The molecule has 23 heavy (non-hydrogen) atoms. The predicted octanol–water partition coefficient (Wildman–Crippen LogP) is 5.91. The van der Waals surface area contributed by atoms with Crippen molar-refractivity contribution in [3.05, 3.63) is 74.6 Å². The molecule has 0 radical (unpaired) electrons. The van der Waals surface area contributed by atoms with Gasteiger partial charge < -0.3 is 4.42 Å². The highest BCUT2D eigenvalue weighted by Crippen LogP contribution is 2.27. The largest absolute Gasteiger partial charge is 0.416 e. The molecule has 0 amide bonds. The van der Waals surface area contributed by atoms with E-state index < -0.39 is 0 Å². The summed E-state index contributed by atoms with van der Waals surface area (Å²) < 4.78 is 5.64. The second kappa shape index (κ2) is 7.58. The third-order valence-corrected chi connectivity index (χ3v) is 4.94. The van der Waals surface area contributed by atoms with E-state index in [0.29, 0.717) is 38.4 Å². The van der Waals surface area contributed by atoms with Gasteiger partial charge in [-0.1, -0.05) is 64.8 Å². The fourth-order valence-corrected chi connectivity index (χ4v) is 3.09. The van der Waals surface area contributed by atoms with E-state index in [4.69, 9.17) is 39.2 Å². The topological polar surface area (TPSA) is 38.9 Å². The molecular weight excluding hydrogens is 375 g/mol. The summed E-state index contributed by atoms with van der Waals surface area (Å²) in [4.78, 5) is 0. The second-order valence-electron chi connectivity index (χ2n) is 4.80. The van der Waals surface area contributed by atoms with Gasteiger partial charge in [-0.15, -0.1) is 10.2 Å².